The SMILES string of the molecule is [2H]N1CC2CCC(C1)N2. The minimum Gasteiger partial charge on any atom is -0.314 e. The molecular weight excluding hydrogens is 100 g/mol. The molecule has 0 spiro atoms. The van der Waals surface area contributed by atoms with Gasteiger partial charge in [0.1, 0.15) is 1.41 Å². The first-order valence-electron chi connectivity index (χ1n) is 3.79. The van der Waals surface area contributed by atoms with Gasteiger partial charge in [0.05, 0.1) is 0 Å². The van der Waals surface area contributed by atoms with Crippen molar-refractivity contribution in [2.45, 2.75) is 24.9 Å². The van der Waals surface area contributed by atoms with Gasteiger partial charge in [0.15, 0.2) is 0 Å². The summed E-state index contributed by atoms with van der Waals surface area (Å²) >= 11 is 0. The van der Waals surface area contributed by atoms with Crippen LogP contribution in [0.25, 0.3) is 0 Å². The van der Waals surface area contributed by atoms with Gasteiger partial charge in [0.2, 0.25) is 0 Å². The van der Waals surface area contributed by atoms with Crippen LogP contribution >= 0.6 is 0 Å². The molecule has 0 aromatic heterocycles. The largest absolute Gasteiger partial charge is 0.314 e. The molecule has 2 unspecified atom stereocenters. The summed E-state index contributed by atoms with van der Waals surface area (Å²) in [4.78, 5) is 0. The predicted octanol–water partition coefficient (Wildman–Crippen LogP) is -0.290. The highest BCUT2D eigenvalue weighted by Gasteiger charge is 2.26. The molecule has 0 aliphatic carbocycles. The van der Waals surface area contributed by atoms with Crippen LogP contribution in [0, 0.1) is 0 Å². The maximum atomic E-state index is 7.37. The summed E-state index contributed by atoms with van der Waals surface area (Å²) < 4.78 is 7.37. The van der Waals surface area contributed by atoms with Crippen molar-refractivity contribution in [1.29, 1.82) is 0 Å². The van der Waals surface area contributed by atoms with Crippen LogP contribution in [0.1, 0.15) is 12.8 Å². The summed E-state index contributed by atoms with van der Waals surface area (Å²) in [7, 11) is 0. The molecule has 0 radical (unpaired) electrons. The quantitative estimate of drug-likeness (QED) is 0.451. The van der Waals surface area contributed by atoms with Gasteiger partial charge in [-0.25, -0.2) is 0 Å². The van der Waals surface area contributed by atoms with E-state index >= 15 is 0 Å². The summed E-state index contributed by atoms with van der Waals surface area (Å²) in [6.45, 7) is 1.85. The lowest BCUT2D eigenvalue weighted by atomic mass is 10.2. The molecule has 0 amide bonds. The van der Waals surface area contributed by atoms with Crippen LogP contribution in [-0.4, -0.2) is 25.2 Å². The molecule has 8 heavy (non-hydrogen) atoms. The fourth-order valence-corrected chi connectivity index (χ4v) is 1.58. The van der Waals surface area contributed by atoms with E-state index in [0.717, 1.165) is 13.1 Å². The van der Waals surface area contributed by atoms with Crippen molar-refractivity contribution in [1.82, 2.24) is 10.6 Å². The number of hydrogen-bond donors (Lipinski definition) is 2. The van der Waals surface area contributed by atoms with E-state index in [9.17, 15) is 0 Å². The second-order valence-corrected chi connectivity index (χ2v) is 2.73. The highest BCUT2D eigenvalue weighted by molar-refractivity contribution is 4.90. The smallest absolute Gasteiger partial charge is 0.122 e. The van der Waals surface area contributed by atoms with Crippen molar-refractivity contribution in [3.63, 3.8) is 0 Å². The first kappa shape index (κ1) is 3.85. The van der Waals surface area contributed by atoms with E-state index < -0.39 is 0 Å². The Morgan fingerprint density at radius 3 is 2.50 bits per heavy atom. The van der Waals surface area contributed by atoms with Crippen molar-refractivity contribution in [2.75, 3.05) is 13.1 Å². The highest BCUT2D eigenvalue weighted by atomic mass is 15.1. The van der Waals surface area contributed by atoms with Crippen LogP contribution in [0.2, 0.25) is 1.41 Å². The number of nitrogens with one attached hydrogen (secondary N) is 2. The van der Waals surface area contributed by atoms with Crippen molar-refractivity contribution < 1.29 is 1.41 Å². The van der Waals surface area contributed by atoms with Gasteiger partial charge in [-0.2, -0.15) is 0 Å². The third-order valence-corrected chi connectivity index (χ3v) is 2.03. The average molecular weight is 113 g/mol. The van der Waals surface area contributed by atoms with Crippen molar-refractivity contribution in [2.24, 2.45) is 0 Å². The number of piperazine rings is 1. The van der Waals surface area contributed by atoms with E-state index in [0.29, 0.717) is 12.1 Å². The minimum atomic E-state index is 0.626. The Bertz CT molecular complexity index is 106. The lowest BCUT2D eigenvalue weighted by molar-refractivity contribution is 0.423. The Hall–Kier alpha value is -0.0800. The van der Waals surface area contributed by atoms with Gasteiger partial charge in [0.25, 0.3) is 0 Å². The Morgan fingerprint density at radius 2 is 1.88 bits per heavy atom. The summed E-state index contributed by atoms with van der Waals surface area (Å²) in [5.41, 5.74) is 0. The lowest BCUT2D eigenvalue weighted by Gasteiger charge is -2.21. The molecule has 2 heteroatoms. The third kappa shape index (κ3) is 0.644. The van der Waals surface area contributed by atoms with E-state index in [2.05, 4.69) is 5.32 Å². The predicted molar refractivity (Wildman–Crippen MR) is 32.8 cm³/mol. The molecule has 2 aliphatic rings. The average Bonchev–Trinajstić information content (AvgIpc) is 2.11. The summed E-state index contributed by atoms with van der Waals surface area (Å²) in [5.74, 6) is 0. The minimum absolute atomic E-state index is 0.626. The van der Waals surface area contributed by atoms with Crippen molar-refractivity contribution in [3.05, 3.63) is 0 Å². The molecule has 2 aliphatic heterocycles. The molecule has 2 rings (SSSR count). The van der Waals surface area contributed by atoms with Gasteiger partial charge in [-0.1, -0.05) is 0 Å². The van der Waals surface area contributed by atoms with E-state index in [1.807, 2.05) is 0 Å². The van der Waals surface area contributed by atoms with Gasteiger partial charge in [0, 0.05) is 25.2 Å². The molecule has 2 saturated heterocycles. The zero-order valence-corrected chi connectivity index (χ0v) is 4.93. The van der Waals surface area contributed by atoms with Crippen LogP contribution in [0.3, 0.4) is 0 Å². The molecule has 0 aromatic rings. The van der Waals surface area contributed by atoms with Gasteiger partial charge in [-0.3, -0.25) is 0 Å². The van der Waals surface area contributed by atoms with Crippen LogP contribution in [0.4, 0.5) is 0 Å². The molecule has 2 nitrogen and oxygen atoms in total. The first-order chi connectivity index (χ1) is 4.34. The van der Waals surface area contributed by atoms with Gasteiger partial charge in [-0.15, -0.1) is 0 Å². The number of rotatable bonds is 0. The zero-order valence-electron chi connectivity index (χ0n) is 5.93. The molecule has 2 bridgehead atoms. The Kier molecular flexibility index (Phi) is 0.822. The Balaban J connectivity index is 2.03. The summed E-state index contributed by atoms with van der Waals surface area (Å²) in [6, 6.07) is 1.25. The number of hydrogen-bond acceptors (Lipinski definition) is 2. The van der Waals surface area contributed by atoms with E-state index in [1.54, 1.807) is 5.31 Å². The van der Waals surface area contributed by atoms with E-state index in [-0.39, 0.29) is 0 Å². The van der Waals surface area contributed by atoms with Crippen LogP contribution < -0.4 is 10.6 Å². The highest BCUT2D eigenvalue weighted by Crippen LogP contribution is 2.13. The van der Waals surface area contributed by atoms with Crippen LogP contribution in [0.5, 0.6) is 0 Å². The van der Waals surface area contributed by atoms with Crippen LogP contribution in [0.15, 0.2) is 0 Å². The van der Waals surface area contributed by atoms with Gasteiger partial charge in [-0.05, 0) is 12.8 Å². The maximum absolute atomic E-state index is 7.37. The Labute approximate surface area is 51.1 Å². The van der Waals surface area contributed by atoms with Gasteiger partial charge < -0.3 is 10.6 Å². The Morgan fingerprint density at radius 1 is 1.25 bits per heavy atom. The lowest BCUT2D eigenvalue weighted by Crippen LogP contribution is -2.48. The van der Waals surface area contributed by atoms with Crippen LogP contribution in [-0.2, 0) is 0 Å². The molecule has 2 atom stereocenters. The molecular formula is C6H12N2. The molecule has 2 fully saturated rings. The fourth-order valence-electron chi connectivity index (χ4n) is 1.58. The van der Waals surface area contributed by atoms with E-state index in [4.69, 9.17) is 1.41 Å². The normalized spacial score (nSPS) is 49.2. The second kappa shape index (κ2) is 1.71. The molecule has 0 aromatic carbocycles. The molecule has 2 N–H and O–H groups in total. The third-order valence-electron chi connectivity index (χ3n) is 2.03. The topological polar surface area (TPSA) is 24.1 Å². The van der Waals surface area contributed by atoms with Crippen molar-refractivity contribution in [3.8, 4) is 0 Å². The summed E-state index contributed by atoms with van der Waals surface area (Å²) in [5, 5.41) is 5.14. The monoisotopic (exact) mass is 113 g/mol. The molecule has 0 saturated carbocycles. The molecule has 46 valence electrons. The standard InChI is InChI=1S/C6H12N2/c1-2-6-4-7-3-5(1)8-6/h5-8H,1-4H2/i/hD. The zero-order chi connectivity index (χ0) is 6.27. The molecule has 2 heterocycles. The fraction of sp³-hybridized carbons (Fsp3) is 1.00. The second-order valence-electron chi connectivity index (χ2n) is 2.73. The van der Waals surface area contributed by atoms with Crippen molar-refractivity contribution >= 4 is 0 Å². The number of fused-ring (bicyclic) bond motifs is 2. The first-order valence-corrected chi connectivity index (χ1v) is 3.34. The maximum Gasteiger partial charge on any atom is 0.122 e. The summed E-state index contributed by atoms with van der Waals surface area (Å²) in [6.07, 6.45) is 2.56. The van der Waals surface area contributed by atoms with E-state index in [1.165, 1.54) is 12.8 Å². The van der Waals surface area contributed by atoms with Gasteiger partial charge >= 0.3 is 0 Å².